The van der Waals surface area contributed by atoms with E-state index in [4.69, 9.17) is 5.11 Å². The molecule has 0 aliphatic heterocycles. The Morgan fingerprint density at radius 1 is 1.33 bits per heavy atom. The number of nitrogens with zero attached hydrogens (tertiary/aromatic N) is 1. The molecule has 0 unspecified atom stereocenters. The van der Waals surface area contributed by atoms with Gasteiger partial charge in [-0.1, -0.05) is 13.3 Å². The van der Waals surface area contributed by atoms with Crippen molar-refractivity contribution in [3.8, 4) is 0 Å². The largest absolute Gasteiger partial charge is 0.478 e. The van der Waals surface area contributed by atoms with E-state index >= 15 is 0 Å². The number of carboxylic acids is 1. The Bertz CT molecular complexity index is 527. The molecule has 1 aromatic rings. The van der Waals surface area contributed by atoms with Crippen molar-refractivity contribution in [3.63, 3.8) is 0 Å². The Balaban J connectivity index is 1.88. The van der Waals surface area contributed by atoms with Gasteiger partial charge < -0.3 is 15.7 Å². The van der Waals surface area contributed by atoms with E-state index in [1.807, 2.05) is 6.92 Å². The first-order chi connectivity index (χ1) is 10.1. The second-order valence-corrected chi connectivity index (χ2v) is 5.28. The molecule has 3 N–H and O–H groups in total. The van der Waals surface area contributed by atoms with Gasteiger partial charge in [-0.3, -0.25) is 4.79 Å². The topological polar surface area (TPSA) is 91.3 Å². The predicted molar refractivity (Wildman–Crippen MR) is 79.4 cm³/mol. The monoisotopic (exact) mass is 291 g/mol. The Morgan fingerprint density at radius 3 is 2.71 bits per heavy atom. The van der Waals surface area contributed by atoms with Crippen LogP contribution in [-0.2, 0) is 11.2 Å². The van der Waals surface area contributed by atoms with Crippen LogP contribution >= 0.6 is 0 Å². The lowest BCUT2D eigenvalue weighted by Crippen LogP contribution is -2.30. The number of carboxylic acid groups (broad SMARTS) is 1. The van der Waals surface area contributed by atoms with E-state index in [9.17, 15) is 9.59 Å². The molecule has 0 bridgehead atoms. The third kappa shape index (κ3) is 4.73. The number of aromatic carboxylic acids is 1. The molecule has 1 amide bonds. The van der Waals surface area contributed by atoms with Crippen molar-refractivity contribution >= 4 is 17.7 Å². The second kappa shape index (κ2) is 7.06. The van der Waals surface area contributed by atoms with E-state index in [1.54, 1.807) is 6.07 Å². The van der Waals surface area contributed by atoms with E-state index in [-0.39, 0.29) is 17.4 Å². The fraction of sp³-hybridized carbons (Fsp3) is 0.533. The Labute approximate surface area is 124 Å². The smallest absolute Gasteiger partial charge is 0.335 e. The highest BCUT2D eigenvalue weighted by molar-refractivity contribution is 5.88. The number of pyridine rings is 1. The summed E-state index contributed by atoms with van der Waals surface area (Å²) >= 11 is 0. The molecule has 2 rings (SSSR count). The van der Waals surface area contributed by atoms with Crippen molar-refractivity contribution in [1.82, 2.24) is 10.3 Å². The minimum Gasteiger partial charge on any atom is -0.478 e. The first-order valence-electron chi connectivity index (χ1n) is 7.36. The van der Waals surface area contributed by atoms with Gasteiger partial charge in [0.1, 0.15) is 5.82 Å². The lowest BCUT2D eigenvalue weighted by molar-refractivity contribution is -0.122. The zero-order valence-corrected chi connectivity index (χ0v) is 12.2. The minimum absolute atomic E-state index is 0.107. The maximum Gasteiger partial charge on any atom is 0.335 e. The number of aryl methyl sites for hydroxylation is 1. The summed E-state index contributed by atoms with van der Waals surface area (Å²) in [5.74, 6) is -0.107. The fourth-order valence-electron chi connectivity index (χ4n) is 2.05. The number of carbonyl (C=O) groups is 2. The summed E-state index contributed by atoms with van der Waals surface area (Å²) in [6, 6.07) is 3.12. The zero-order chi connectivity index (χ0) is 15.2. The van der Waals surface area contributed by atoms with E-state index in [1.165, 1.54) is 6.07 Å². The van der Waals surface area contributed by atoms with Crippen molar-refractivity contribution in [1.29, 1.82) is 0 Å². The average molecular weight is 291 g/mol. The molecule has 0 saturated heterocycles. The SMILES string of the molecule is CCCc1cc(C(=O)O)cc(NCCNC(=O)C2CC2)n1. The van der Waals surface area contributed by atoms with Gasteiger partial charge in [0.15, 0.2) is 0 Å². The molecule has 1 aromatic heterocycles. The number of anilines is 1. The number of aromatic nitrogens is 1. The highest BCUT2D eigenvalue weighted by atomic mass is 16.4. The molecule has 1 aliphatic rings. The lowest BCUT2D eigenvalue weighted by atomic mass is 10.1. The van der Waals surface area contributed by atoms with Crippen LogP contribution in [0.25, 0.3) is 0 Å². The second-order valence-electron chi connectivity index (χ2n) is 5.28. The Kier molecular flexibility index (Phi) is 5.14. The Hall–Kier alpha value is -2.11. The van der Waals surface area contributed by atoms with E-state index in [2.05, 4.69) is 15.6 Å². The highest BCUT2D eigenvalue weighted by Gasteiger charge is 2.28. The van der Waals surface area contributed by atoms with Crippen LogP contribution in [0.4, 0.5) is 5.82 Å². The molecular formula is C15H21N3O3. The molecule has 21 heavy (non-hydrogen) atoms. The van der Waals surface area contributed by atoms with E-state index in [0.717, 1.165) is 31.4 Å². The number of rotatable bonds is 8. The van der Waals surface area contributed by atoms with Crippen LogP contribution in [0.2, 0.25) is 0 Å². The van der Waals surface area contributed by atoms with Gasteiger partial charge >= 0.3 is 5.97 Å². The first kappa shape index (κ1) is 15.3. The molecule has 1 aliphatic carbocycles. The van der Waals surface area contributed by atoms with Crippen LogP contribution in [0.1, 0.15) is 42.2 Å². The summed E-state index contributed by atoms with van der Waals surface area (Å²) in [4.78, 5) is 26.9. The molecular weight excluding hydrogens is 270 g/mol. The molecule has 0 spiro atoms. The summed E-state index contributed by atoms with van der Waals surface area (Å²) in [6.07, 6.45) is 3.63. The summed E-state index contributed by atoms with van der Waals surface area (Å²) in [6.45, 7) is 3.06. The van der Waals surface area contributed by atoms with Gasteiger partial charge in [-0.05, 0) is 31.4 Å². The third-order valence-electron chi connectivity index (χ3n) is 3.31. The average Bonchev–Trinajstić information content (AvgIpc) is 3.28. The molecule has 6 heteroatoms. The lowest BCUT2D eigenvalue weighted by Gasteiger charge is -2.09. The van der Waals surface area contributed by atoms with Crippen LogP contribution in [0, 0.1) is 5.92 Å². The third-order valence-corrected chi connectivity index (χ3v) is 3.31. The Morgan fingerprint density at radius 2 is 2.10 bits per heavy atom. The number of hydrogen-bond acceptors (Lipinski definition) is 4. The predicted octanol–water partition coefficient (Wildman–Crippen LogP) is 1.67. The van der Waals surface area contributed by atoms with Gasteiger partial charge in [-0.2, -0.15) is 0 Å². The van der Waals surface area contributed by atoms with E-state index in [0.29, 0.717) is 18.9 Å². The van der Waals surface area contributed by atoms with E-state index < -0.39 is 5.97 Å². The van der Waals surface area contributed by atoms with Crippen LogP contribution in [0.15, 0.2) is 12.1 Å². The van der Waals surface area contributed by atoms with Crippen molar-refractivity contribution in [2.24, 2.45) is 5.92 Å². The van der Waals surface area contributed by atoms with Gasteiger partial charge in [0, 0.05) is 24.7 Å². The van der Waals surface area contributed by atoms with Crippen molar-refractivity contribution in [2.45, 2.75) is 32.6 Å². The van der Waals surface area contributed by atoms with Crippen molar-refractivity contribution < 1.29 is 14.7 Å². The summed E-state index contributed by atoms with van der Waals surface area (Å²) in [5, 5.41) is 15.0. The molecule has 1 saturated carbocycles. The van der Waals surface area contributed by atoms with Crippen molar-refractivity contribution in [3.05, 3.63) is 23.4 Å². The maximum absolute atomic E-state index is 11.5. The molecule has 1 fully saturated rings. The molecule has 0 aromatic carbocycles. The van der Waals surface area contributed by atoms with Crippen LogP contribution in [0.3, 0.4) is 0 Å². The quantitative estimate of drug-likeness (QED) is 0.634. The van der Waals surface area contributed by atoms with Crippen molar-refractivity contribution in [2.75, 3.05) is 18.4 Å². The van der Waals surface area contributed by atoms with Gasteiger partial charge in [0.25, 0.3) is 0 Å². The fourth-order valence-corrected chi connectivity index (χ4v) is 2.05. The number of carbonyl (C=O) groups excluding carboxylic acids is 1. The van der Waals surface area contributed by atoms with Crippen LogP contribution in [-0.4, -0.2) is 35.1 Å². The molecule has 1 heterocycles. The highest BCUT2D eigenvalue weighted by Crippen LogP contribution is 2.28. The molecule has 0 atom stereocenters. The molecule has 114 valence electrons. The normalized spacial score (nSPS) is 13.8. The number of nitrogens with one attached hydrogen (secondary N) is 2. The zero-order valence-electron chi connectivity index (χ0n) is 12.2. The maximum atomic E-state index is 11.5. The molecule has 6 nitrogen and oxygen atoms in total. The van der Waals surface area contributed by atoms with Gasteiger partial charge in [-0.25, -0.2) is 9.78 Å². The van der Waals surface area contributed by atoms with Gasteiger partial charge in [-0.15, -0.1) is 0 Å². The summed E-state index contributed by atoms with van der Waals surface area (Å²) in [5.41, 5.74) is 1.000. The summed E-state index contributed by atoms with van der Waals surface area (Å²) in [7, 11) is 0. The molecule has 0 radical (unpaired) electrons. The summed E-state index contributed by atoms with van der Waals surface area (Å²) < 4.78 is 0. The number of hydrogen-bond donors (Lipinski definition) is 3. The van der Waals surface area contributed by atoms with Gasteiger partial charge in [0.05, 0.1) is 5.56 Å². The minimum atomic E-state index is -0.958. The van der Waals surface area contributed by atoms with Crippen LogP contribution < -0.4 is 10.6 Å². The number of amides is 1. The van der Waals surface area contributed by atoms with Gasteiger partial charge in [0.2, 0.25) is 5.91 Å². The van der Waals surface area contributed by atoms with Crippen LogP contribution in [0.5, 0.6) is 0 Å². The standard InChI is InChI=1S/C15H21N3O3/c1-2-3-12-8-11(15(20)21)9-13(18-12)16-6-7-17-14(19)10-4-5-10/h8-10H,2-7H2,1H3,(H,16,18)(H,17,19)(H,20,21). The first-order valence-corrected chi connectivity index (χ1v) is 7.36.